The van der Waals surface area contributed by atoms with E-state index >= 15 is 0 Å². The van der Waals surface area contributed by atoms with Gasteiger partial charge in [0, 0.05) is 30.2 Å². The minimum atomic E-state index is 0.483. The summed E-state index contributed by atoms with van der Waals surface area (Å²) in [4.78, 5) is 7.13. The first-order valence-corrected chi connectivity index (χ1v) is 6.92. The molecule has 2 rings (SSSR count). The molecule has 90 valence electrons. The molecule has 1 aromatic heterocycles. The van der Waals surface area contributed by atoms with Gasteiger partial charge >= 0.3 is 0 Å². The van der Waals surface area contributed by atoms with Crippen LogP contribution in [0.1, 0.15) is 36.5 Å². The number of nitrogens with zero attached hydrogens (tertiary/aromatic N) is 2. The Morgan fingerprint density at radius 1 is 1.50 bits per heavy atom. The van der Waals surface area contributed by atoms with Gasteiger partial charge in [-0.2, -0.15) is 0 Å². The van der Waals surface area contributed by atoms with E-state index in [-0.39, 0.29) is 0 Å². The zero-order valence-electron chi connectivity index (χ0n) is 10.4. The molecule has 1 unspecified atom stereocenters. The SMILES string of the molecule is CNC1CCN(C(C)c2nc(C)cs2)CC1. The molecule has 1 N–H and O–H groups in total. The molecule has 16 heavy (non-hydrogen) atoms. The van der Waals surface area contributed by atoms with Crippen molar-refractivity contribution in [3.05, 3.63) is 16.1 Å². The third-order valence-electron chi connectivity index (χ3n) is 3.48. The lowest BCUT2D eigenvalue weighted by Crippen LogP contribution is -2.42. The largest absolute Gasteiger partial charge is 0.317 e. The van der Waals surface area contributed by atoms with Crippen molar-refractivity contribution in [2.75, 3.05) is 20.1 Å². The summed E-state index contributed by atoms with van der Waals surface area (Å²) in [5.41, 5.74) is 1.15. The number of likely N-dealkylation sites (tertiary alicyclic amines) is 1. The summed E-state index contributed by atoms with van der Waals surface area (Å²) < 4.78 is 0. The van der Waals surface area contributed by atoms with Gasteiger partial charge in [0.25, 0.3) is 0 Å². The monoisotopic (exact) mass is 239 g/mol. The first kappa shape index (κ1) is 12.0. The summed E-state index contributed by atoms with van der Waals surface area (Å²) >= 11 is 1.79. The van der Waals surface area contributed by atoms with Gasteiger partial charge in [-0.1, -0.05) is 0 Å². The van der Waals surface area contributed by atoms with E-state index in [0.29, 0.717) is 12.1 Å². The van der Waals surface area contributed by atoms with E-state index in [1.165, 1.54) is 30.9 Å². The Morgan fingerprint density at radius 2 is 2.19 bits per heavy atom. The molecule has 1 atom stereocenters. The van der Waals surface area contributed by atoms with Gasteiger partial charge < -0.3 is 5.32 Å². The van der Waals surface area contributed by atoms with Crippen LogP contribution in [0, 0.1) is 6.92 Å². The lowest BCUT2D eigenvalue weighted by atomic mass is 10.0. The van der Waals surface area contributed by atoms with Crippen LogP contribution in [0.4, 0.5) is 0 Å². The lowest BCUT2D eigenvalue weighted by Gasteiger charge is -2.35. The van der Waals surface area contributed by atoms with Crippen molar-refractivity contribution in [1.29, 1.82) is 0 Å². The minimum Gasteiger partial charge on any atom is -0.317 e. The fourth-order valence-electron chi connectivity index (χ4n) is 2.30. The van der Waals surface area contributed by atoms with Crippen LogP contribution in [0.2, 0.25) is 0 Å². The molecule has 1 aliphatic heterocycles. The van der Waals surface area contributed by atoms with Crippen LogP contribution in [-0.2, 0) is 0 Å². The van der Waals surface area contributed by atoms with E-state index < -0.39 is 0 Å². The number of hydrogen-bond acceptors (Lipinski definition) is 4. The van der Waals surface area contributed by atoms with Crippen molar-refractivity contribution in [3.8, 4) is 0 Å². The predicted molar refractivity (Wildman–Crippen MR) is 68.9 cm³/mol. The topological polar surface area (TPSA) is 28.2 Å². The van der Waals surface area contributed by atoms with Crippen molar-refractivity contribution in [2.45, 2.75) is 38.8 Å². The Labute approximate surface area is 102 Å². The highest BCUT2D eigenvalue weighted by atomic mass is 32.1. The van der Waals surface area contributed by atoms with Crippen LogP contribution < -0.4 is 5.32 Å². The molecule has 0 radical (unpaired) electrons. The summed E-state index contributed by atoms with van der Waals surface area (Å²) in [5.74, 6) is 0. The maximum absolute atomic E-state index is 4.59. The third-order valence-corrected chi connectivity index (χ3v) is 4.61. The predicted octanol–water partition coefficient (Wildman–Crippen LogP) is 2.20. The normalized spacial score (nSPS) is 21.2. The number of nitrogens with one attached hydrogen (secondary N) is 1. The summed E-state index contributed by atoms with van der Waals surface area (Å²) in [6.07, 6.45) is 2.51. The number of aromatic nitrogens is 1. The molecular formula is C12H21N3S. The maximum atomic E-state index is 4.59. The molecule has 0 aromatic carbocycles. The second-order valence-corrected chi connectivity index (χ2v) is 5.49. The van der Waals surface area contributed by atoms with E-state index in [9.17, 15) is 0 Å². The van der Waals surface area contributed by atoms with Gasteiger partial charge in [-0.3, -0.25) is 4.90 Å². The van der Waals surface area contributed by atoms with E-state index in [1.54, 1.807) is 11.3 Å². The Bertz CT molecular complexity index is 329. The van der Waals surface area contributed by atoms with Gasteiger partial charge in [0.15, 0.2) is 0 Å². The van der Waals surface area contributed by atoms with Crippen LogP contribution in [-0.4, -0.2) is 36.1 Å². The molecule has 0 bridgehead atoms. The average Bonchev–Trinajstić information content (AvgIpc) is 2.75. The van der Waals surface area contributed by atoms with Gasteiger partial charge in [-0.05, 0) is 33.7 Å². The first-order chi connectivity index (χ1) is 7.70. The highest BCUT2D eigenvalue weighted by molar-refractivity contribution is 7.09. The standard InChI is InChI=1S/C12H21N3S/c1-9-8-16-12(14-9)10(2)15-6-4-11(13-3)5-7-15/h8,10-11,13H,4-7H2,1-3H3. The fourth-order valence-corrected chi connectivity index (χ4v) is 3.18. The molecule has 2 heterocycles. The molecule has 1 fully saturated rings. The van der Waals surface area contributed by atoms with Crippen molar-refractivity contribution in [2.24, 2.45) is 0 Å². The molecule has 1 aliphatic rings. The molecule has 1 aromatic rings. The van der Waals surface area contributed by atoms with Gasteiger partial charge in [-0.15, -0.1) is 11.3 Å². The van der Waals surface area contributed by atoms with Gasteiger partial charge in [0.2, 0.25) is 0 Å². The highest BCUT2D eigenvalue weighted by Crippen LogP contribution is 2.26. The maximum Gasteiger partial charge on any atom is 0.110 e. The van der Waals surface area contributed by atoms with E-state index in [4.69, 9.17) is 0 Å². The Morgan fingerprint density at radius 3 is 2.69 bits per heavy atom. The van der Waals surface area contributed by atoms with Crippen LogP contribution in [0.25, 0.3) is 0 Å². The molecule has 0 aliphatic carbocycles. The average molecular weight is 239 g/mol. The van der Waals surface area contributed by atoms with E-state index in [1.807, 2.05) is 0 Å². The van der Waals surface area contributed by atoms with Crippen molar-refractivity contribution >= 4 is 11.3 Å². The Hall–Kier alpha value is -0.450. The number of aryl methyl sites for hydroxylation is 1. The second-order valence-electron chi connectivity index (χ2n) is 4.60. The van der Waals surface area contributed by atoms with Gasteiger partial charge in [0.1, 0.15) is 5.01 Å². The smallest absolute Gasteiger partial charge is 0.110 e. The number of thiazole rings is 1. The zero-order valence-corrected chi connectivity index (χ0v) is 11.2. The van der Waals surface area contributed by atoms with E-state index in [0.717, 1.165) is 5.69 Å². The molecule has 0 amide bonds. The molecule has 4 heteroatoms. The molecule has 0 saturated carbocycles. The minimum absolute atomic E-state index is 0.483. The summed E-state index contributed by atoms with van der Waals surface area (Å²) in [7, 11) is 2.06. The van der Waals surface area contributed by atoms with E-state index in [2.05, 4.69) is 41.5 Å². The summed E-state index contributed by atoms with van der Waals surface area (Å²) in [5, 5.41) is 6.78. The van der Waals surface area contributed by atoms with Gasteiger partial charge in [-0.25, -0.2) is 4.98 Å². The first-order valence-electron chi connectivity index (χ1n) is 6.04. The number of hydrogen-bond donors (Lipinski definition) is 1. The van der Waals surface area contributed by atoms with Crippen LogP contribution in [0.3, 0.4) is 0 Å². The fraction of sp³-hybridized carbons (Fsp3) is 0.750. The van der Waals surface area contributed by atoms with Crippen LogP contribution in [0.5, 0.6) is 0 Å². The lowest BCUT2D eigenvalue weighted by molar-refractivity contribution is 0.155. The van der Waals surface area contributed by atoms with Gasteiger partial charge in [0.05, 0.1) is 6.04 Å². The number of rotatable bonds is 3. The highest BCUT2D eigenvalue weighted by Gasteiger charge is 2.23. The Balaban J connectivity index is 1.93. The molecule has 0 spiro atoms. The molecule has 1 saturated heterocycles. The number of piperidine rings is 1. The van der Waals surface area contributed by atoms with Crippen LogP contribution in [0.15, 0.2) is 5.38 Å². The molecular weight excluding hydrogens is 218 g/mol. The third kappa shape index (κ3) is 2.62. The van der Waals surface area contributed by atoms with Crippen molar-refractivity contribution < 1.29 is 0 Å². The zero-order chi connectivity index (χ0) is 11.5. The summed E-state index contributed by atoms with van der Waals surface area (Å²) in [6, 6.07) is 1.19. The van der Waals surface area contributed by atoms with Crippen molar-refractivity contribution in [3.63, 3.8) is 0 Å². The second kappa shape index (κ2) is 5.25. The van der Waals surface area contributed by atoms with Crippen LogP contribution >= 0.6 is 11.3 Å². The summed E-state index contributed by atoms with van der Waals surface area (Å²) in [6.45, 7) is 6.72. The quantitative estimate of drug-likeness (QED) is 0.876. The Kier molecular flexibility index (Phi) is 3.95. The van der Waals surface area contributed by atoms with Crippen molar-refractivity contribution in [1.82, 2.24) is 15.2 Å². The molecule has 3 nitrogen and oxygen atoms in total.